The zero-order valence-electron chi connectivity index (χ0n) is 10.6. The molecule has 1 atom stereocenters. The first-order valence-electron chi connectivity index (χ1n) is 6.26. The molecule has 18 heavy (non-hydrogen) atoms. The van der Waals surface area contributed by atoms with Gasteiger partial charge in [-0.25, -0.2) is 0 Å². The molecule has 2 rings (SSSR count). The Morgan fingerprint density at radius 1 is 1.06 bits per heavy atom. The van der Waals surface area contributed by atoms with Crippen molar-refractivity contribution in [2.75, 3.05) is 7.05 Å². The van der Waals surface area contributed by atoms with Crippen molar-refractivity contribution in [2.45, 2.75) is 18.9 Å². The van der Waals surface area contributed by atoms with Crippen molar-refractivity contribution in [2.24, 2.45) is 0 Å². The Kier molecular flexibility index (Phi) is 4.80. The highest BCUT2D eigenvalue weighted by Crippen LogP contribution is 2.20. The first-order chi connectivity index (χ1) is 8.79. The molecule has 0 heterocycles. The van der Waals surface area contributed by atoms with Crippen LogP contribution in [0.25, 0.3) is 0 Å². The molecule has 1 N–H and O–H groups in total. The third-order valence-corrected chi connectivity index (χ3v) is 3.40. The normalized spacial score (nSPS) is 12.3. The Hall–Kier alpha value is -1.31. The molecule has 2 aromatic rings. The summed E-state index contributed by atoms with van der Waals surface area (Å²) < 4.78 is 0. The summed E-state index contributed by atoms with van der Waals surface area (Å²) in [5.41, 5.74) is 2.63. The lowest BCUT2D eigenvalue weighted by molar-refractivity contribution is 0.549. The summed E-state index contributed by atoms with van der Waals surface area (Å²) in [6.07, 6.45) is 2.10. The Bertz CT molecular complexity index is 481. The van der Waals surface area contributed by atoms with Crippen LogP contribution in [-0.4, -0.2) is 7.05 Å². The van der Waals surface area contributed by atoms with Gasteiger partial charge in [0.05, 0.1) is 0 Å². The third kappa shape index (κ3) is 3.59. The molecule has 0 aliphatic carbocycles. The van der Waals surface area contributed by atoms with Crippen molar-refractivity contribution >= 4 is 11.6 Å². The van der Waals surface area contributed by atoms with Crippen molar-refractivity contribution in [1.82, 2.24) is 5.32 Å². The summed E-state index contributed by atoms with van der Waals surface area (Å²) >= 11 is 6.00. The third-order valence-electron chi connectivity index (χ3n) is 3.16. The molecule has 1 unspecified atom stereocenters. The van der Waals surface area contributed by atoms with E-state index < -0.39 is 0 Å². The molecule has 0 bridgehead atoms. The highest BCUT2D eigenvalue weighted by molar-refractivity contribution is 6.30. The van der Waals surface area contributed by atoms with E-state index in [2.05, 4.69) is 35.6 Å². The van der Waals surface area contributed by atoms with Crippen LogP contribution in [0.2, 0.25) is 5.02 Å². The fourth-order valence-electron chi connectivity index (χ4n) is 2.17. The standard InChI is InChI=1S/C16H18ClN/c1-18-16(14-7-3-2-4-8-14)11-10-13-6-5-9-15(17)12-13/h2-9,12,16,18H,10-11H2,1H3. The van der Waals surface area contributed by atoms with Crippen LogP contribution in [0.4, 0.5) is 0 Å². The molecule has 0 spiro atoms. The highest BCUT2D eigenvalue weighted by Gasteiger charge is 2.08. The number of hydrogen-bond acceptors (Lipinski definition) is 1. The largest absolute Gasteiger partial charge is 0.313 e. The number of aryl methyl sites for hydroxylation is 1. The fraction of sp³-hybridized carbons (Fsp3) is 0.250. The first-order valence-corrected chi connectivity index (χ1v) is 6.64. The number of benzene rings is 2. The molecule has 0 aromatic heterocycles. The van der Waals surface area contributed by atoms with Crippen LogP contribution in [-0.2, 0) is 6.42 Å². The summed E-state index contributed by atoms with van der Waals surface area (Å²) in [5, 5.41) is 4.18. The van der Waals surface area contributed by atoms with E-state index in [1.165, 1.54) is 11.1 Å². The number of halogens is 1. The fourth-order valence-corrected chi connectivity index (χ4v) is 2.38. The second-order valence-electron chi connectivity index (χ2n) is 4.42. The summed E-state index contributed by atoms with van der Waals surface area (Å²) in [6, 6.07) is 19.0. The SMILES string of the molecule is CNC(CCc1cccc(Cl)c1)c1ccccc1. The van der Waals surface area contributed by atoms with Gasteiger partial charge in [-0.15, -0.1) is 0 Å². The quantitative estimate of drug-likeness (QED) is 0.847. The molecule has 0 saturated heterocycles. The Morgan fingerprint density at radius 2 is 1.83 bits per heavy atom. The minimum absolute atomic E-state index is 0.394. The molecule has 0 amide bonds. The molecule has 2 aromatic carbocycles. The molecular weight excluding hydrogens is 242 g/mol. The maximum absolute atomic E-state index is 6.00. The van der Waals surface area contributed by atoms with Gasteiger partial charge in [-0.05, 0) is 43.1 Å². The van der Waals surface area contributed by atoms with E-state index in [9.17, 15) is 0 Å². The number of hydrogen-bond donors (Lipinski definition) is 1. The van der Waals surface area contributed by atoms with Gasteiger partial charge in [0.15, 0.2) is 0 Å². The maximum atomic E-state index is 6.00. The summed E-state index contributed by atoms with van der Waals surface area (Å²) in [5.74, 6) is 0. The van der Waals surface area contributed by atoms with Crippen LogP contribution >= 0.6 is 11.6 Å². The molecule has 1 nitrogen and oxygen atoms in total. The second-order valence-corrected chi connectivity index (χ2v) is 4.86. The molecule has 2 heteroatoms. The van der Waals surface area contributed by atoms with Gasteiger partial charge >= 0.3 is 0 Å². The molecule has 94 valence electrons. The van der Waals surface area contributed by atoms with Crippen LogP contribution in [0.5, 0.6) is 0 Å². The first kappa shape index (κ1) is 13.1. The van der Waals surface area contributed by atoms with Gasteiger partial charge in [-0.1, -0.05) is 54.1 Å². The summed E-state index contributed by atoms with van der Waals surface area (Å²) in [4.78, 5) is 0. The molecule has 0 radical (unpaired) electrons. The van der Waals surface area contributed by atoms with E-state index >= 15 is 0 Å². The lowest BCUT2D eigenvalue weighted by Gasteiger charge is -2.16. The molecule has 0 aliphatic heterocycles. The molecular formula is C16H18ClN. The van der Waals surface area contributed by atoms with Gasteiger partial charge in [0.2, 0.25) is 0 Å². The Balaban J connectivity index is 2.00. The van der Waals surface area contributed by atoms with E-state index in [-0.39, 0.29) is 0 Å². The van der Waals surface area contributed by atoms with Gasteiger partial charge in [-0.3, -0.25) is 0 Å². The van der Waals surface area contributed by atoms with E-state index in [0.717, 1.165) is 17.9 Å². The smallest absolute Gasteiger partial charge is 0.0408 e. The van der Waals surface area contributed by atoms with Gasteiger partial charge in [0.1, 0.15) is 0 Å². The summed E-state index contributed by atoms with van der Waals surface area (Å²) in [6.45, 7) is 0. The second kappa shape index (κ2) is 6.58. The average Bonchev–Trinajstić information content (AvgIpc) is 2.41. The molecule has 0 saturated carbocycles. The van der Waals surface area contributed by atoms with Crippen molar-refractivity contribution in [3.05, 3.63) is 70.7 Å². The lowest BCUT2D eigenvalue weighted by atomic mass is 9.99. The van der Waals surface area contributed by atoms with Crippen LogP contribution < -0.4 is 5.32 Å². The molecule has 0 aliphatic rings. The lowest BCUT2D eigenvalue weighted by Crippen LogP contribution is -2.16. The monoisotopic (exact) mass is 259 g/mol. The zero-order valence-corrected chi connectivity index (χ0v) is 11.3. The predicted octanol–water partition coefficient (Wildman–Crippen LogP) is 4.23. The van der Waals surface area contributed by atoms with Crippen LogP contribution in [0.3, 0.4) is 0 Å². The van der Waals surface area contributed by atoms with E-state index in [1.807, 2.05) is 31.3 Å². The Morgan fingerprint density at radius 3 is 2.50 bits per heavy atom. The minimum atomic E-state index is 0.394. The van der Waals surface area contributed by atoms with Crippen LogP contribution in [0, 0.1) is 0 Å². The summed E-state index contributed by atoms with van der Waals surface area (Å²) in [7, 11) is 2.01. The van der Waals surface area contributed by atoms with Crippen molar-refractivity contribution in [3.8, 4) is 0 Å². The Labute approximate surface area is 114 Å². The number of nitrogens with one attached hydrogen (secondary N) is 1. The van der Waals surface area contributed by atoms with Crippen molar-refractivity contribution in [1.29, 1.82) is 0 Å². The topological polar surface area (TPSA) is 12.0 Å². The van der Waals surface area contributed by atoms with E-state index in [0.29, 0.717) is 6.04 Å². The predicted molar refractivity (Wildman–Crippen MR) is 78.0 cm³/mol. The zero-order chi connectivity index (χ0) is 12.8. The average molecular weight is 260 g/mol. The van der Waals surface area contributed by atoms with Gasteiger partial charge in [-0.2, -0.15) is 0 Å². The van der Waals surface area contributed by atoms with E-state index in [1.54, 1.807) is 0 Å². The van der Waals surface area contributed by atoms with Crippen LogP contribution in [0.1, 0.15) is 23.6 Å². The van der Waals surface area contributed by atoms with Crippen molar-refractivity contribution < 1.29 is 0 Å². The highest BCUT2D eigenvalue weighted by atomic mass is 35.5. The van der Waals surface area contributed by atoms with Gasteiger partial charge < -0.3 is 5.32 Å². The van der Waals surface area contributed by atoms with E-state index in [4.69, 9.17) is 11.6 Å². The minimum Gasteiger partial charge on any atom is -0.313 e. The van der Waals surface area contributed by atoms with Crippen molar-refractivity contribution in [3.63, 3.8) is 0 Å². The molecule has 0 fully saturated rings. The van der Waals surface area contributed by atoms with Gasteiger partial charge in [0.25, 0.3) is 0 Å². The van der Waals surface area contributed by atoms with Crippen LogP contribution in [0.15, 0.2) is 54.6 Å². The van der Waals surface area contributed by atoms with Gasteiger partial charge in [0, 0.05) is 11.1 Å². The number of rotatable bonds is 5. The maximum Gasteiger partial charge on any atom is 0.0408 e.